The van der Waals surface area contributed by atoms with E-state index in [0.29, 0.717) is 18.0 Å². The molecular weight excluding hydrogens is 436 g/mol. The number of para-hydroxylation sites is 1. The van der Waals surface area contributed by atoms with Gasteiger partial charge in [0.15, 0.2) is 0 Å². The number of fused-ring (bicyclic) bond motifs is 1. The maximum atomic E-state index is 14.1. The van der Waals surface area contributed by atoms with E-state index in [1.807, 2.05) is 49.6 Å². The number of benzene rings is 1. The molecule has 1 fully saturated rings. The van der Waals surface area contributed by atoms with Crippen LogP contribution in [0.1, 0.15) is 56.3 Å². The molecule has 0 saturated heterocycles. The van der Waals surface area contributed by atoms with E-state index in [1.54, 1.807) is 12.4 Å². The molecular formula is C28H32N6O. The molecule has 5 rings (SSSR count). The molecule has 1 amide bonds. The minimum absolute atomic E-state index is 0.0622. The van der Waals surface area contributed by atoms with E-state index in [0.717, 1.165) is 35.0 Å². The zero-order valence-corrected chi connectivity index (χ0v) is 20.1. The summed E-state index contributed by atoms with van der Waals surface area (Å²) in [5.41, 5.74) is 2.83. The Balaban J connectivity index is 1.47. The Morgan fingerprint density at radius 3 is 2.63 bits per heavy atom. The monoisotopic (exact) mass is 468 g/mol. The second-order valence-electron chi connectivity index (χ2n) is 9.72. The normalized spacial score (nSPS) is 16.9. The first-order chi connectivity index (χ1) is 17.1. The van der Waals surface area contributed by atoms with Gasteiger partial charge < -0.3 is 15.6 Å². The number of anilines is 1. The third-order valence-electron chi connectivity index (χ3n) is 7.12. The Morgan fingerprint density at radius 2 is 1.86 bits per heavy atom. The van der Waals surface area contributed by atoms with Crippen molar-refractivity contribution in [1.82, 2.24) is 25.3 Å². The van der Waals surface area contributed by atoms with Gasteiger partial charge in [-0.05, 0) is 49.4 Å². The summed E-state index contributed by atoms with van der Waals surface area (Å²) in [6.45, 7) is 1.95. The second kappa shape index (κ2) is 10.3. The fraction of sp³-hybridized carbons (Fsp3) is 0.357. The second-order valence-corrected chi connectivity index (χ2v) is 9.72. The summed E-state index contributed by atoms with van der Waals surface area (Å²) in [6, 6.07) is 14.0. The van der Waals surface area contributed by atoms with E-state index >= 15 is 0 Å². The number of amides is 1. The predicted octanol–water partition coefficient (Wildman–Crippen LogP) is 5.20. The number of nitrogens with zero attached hydrogens (tertiary/aromatic N) is 3. The summed E-state index contributed by atoms with van der Waals surface area (Å²) in [7, 11) is 0. The van der Waals surface area contributed by atoms with Gasteiger partial charge in [0, 0.05) is 29.7 Å². The van der Waals surface area contributed by atoms with Gasteiger partial charge in [0.2, 0.25) is 5.91 Å². The van der Waals surface area contributed by atoms with Crippen molar-refractivity contribution in [3.63, 3.8) is 0 Å². The minimum Gasteiger partial charge on any atom is -0.369 e. The van der Waals surface area contributed by atoms with Crippen molar-refractivity contribution in [2.45, 2.75) is 57.0 Å². The summed E-state index contributed by atoms with van der Waals surface area (Å²) in [4.78, 5) is 30.3. The number of nitrogens with one attached hydrogen (secondary N) is 3. The number of carbonyl (C=O) groups is 1. The third-order valence-corrected chi connectivity index (χ3v) is 7.12. The zero-order valence-electron chi connectivity index (χ0n) is 20.1. The highest BCUT2D eigenvalue weighted by Gasteiger charge is 2.38. The number of carbonyl (C=O) groups excluding carboxylic acids is 1. The van der Waals surface area contributed by atoms with E-state index in [-0.39, 0.29) is 11.9 Å². The lowest BCUT2D eigenvalue weighted by molar-refractivity contribution is -0.126. The molecule has 4 aromatic rings. The Hall–Kier alpha value is -3.74. The fourth-order valence-electron chi connectivity index (χ4n) is 5.28. The van der Waals surface area contributed by atoms with Gasteiger partial charge >= 0.3 is 0 Å². The SMILES string of the molecule is CC(Cc1c[nH]c2ccccc12)(Nc1cncnc1)C(=O)NC(c1ccccn1)C1CCCCC1. The van der Waals surface area contributed by atoms with Gasteiger partial charge in [-0.1, -0.05) is 43.5 Å². The molecule has 3 aromatic heterocycles. The first-order valence-electron chi connectivity index (χ1n) is 12.4. The number of hydrogen-bond donors (Lipinski definition) is 3. The molecule has 3 N–H and O–H groups in total. The zero-order chi connectivity index (χ0) is 24.1. The molecule has 1 aliphatic carbocycles. The highest BCUT2D eigenvalue weighted by atomic mass is 16.2. The van der Waals surface area contributed by atoms with E-state index in [4.69, 9.17) is 0 Å². The van der Waals surface area contributed by atoms with Gasteiger partial charge in [0.25, 0.3) is 0 Å². The number of H-pyrrole nitrogens is 1. The van der Waals surface area contributed by atoms with Crippen LogP contribution in [0.4, 0.5) is 5.69 Å². The van der Waals surface area contributed by atoms with Crippen LogP contribution in [0.2, 0.25) is 0 Å². The quantitative estimate of drug-likeness (QED) is 0.330. The van der Waals surface area contributed by atoms with Crippen LogP contribution in [0.15, 0.2) is 73.6 Å². The summed E-state index contributed by atoms with van der Waals surface area (Å²) in [5.74, 6) is 0.313. The van der Waals surface area contributed by atoms with Crippen LogP contribution in [0.5, 0.6) is 0 Å². The van der Waals surface area contributed by atoms with Crippen molar-refractivity contribution < 1.29 is 4.79 Å². The summed E-state index contributed by atoms with van der Waals surface area (Å²) in [6.07, 6.45) is 15.0. The van der Waals surface area contributed by atoms with Crippen LogP contribution < -0.4 is 10.6 Å². The number of aromatic amines is 1. The molecule has 1 aromatic carbocycles. The van der Waals surface area contributed by atoms with Crippen LogP contribution in [-0.2, 0) is 11.2 Å². The largest absolute Gasteiger partial charge is 0.369 e. The average Bonchev–Trinajstić information content (AvgIpc) is 3.31. The van der Waals surface area contributed by atoms with E-state index in [2.05, 4.69) is 42.7 Å². The number of hydrogen-bond acceptors (Lipinski definition) is 5. The lowest BCUT2D eigenvalue weighted by Crippen LogP contribution is -2.53. The maximum Gasteiger partial charge on any atom is 0.246 e. The molecule has 0 bridgehead atoms. The van der Waals surface area contributed by atoms with Gasteiger partial charge in [0.1, 0.15) is 11.9 Å². The lowest BCUT2D eigenvalue weighted by atomic mass is 9.81. The first-order valence-corrected chi connectivity index (χ1v) is 12.4. The molecule has 0 aliphatic heterocycles. The number of aromatic nitrogens is 4. The Labute approximate surface area is 205 Å². The molecule has 7 heteroatoms. The van der Waals surface area contributed by atoms with Crippen LogP contribution >= 0.6 is 0 Å². The molecule has 180 valence electrons. The molecule has 35 heavy (non-hydrogen) atoms. The van der Waals surface area contributed by atoms with Crippen molar-refractivity contribution in [1.29, 1.82) is 0 Å². The van der Waals surface area contributed by atoms with Crippen LogP contribution in [0.25, 0.3) is 10.9 Å². The van der Waals surface area contributed by atoms with Gasteiger partial charge in [-0.15, -0.1) is 0 Å². The molecule has 1 aliphatic rings. The maximum absolute atomic E-state index is 14.1. The lowest BCUT2D eigenvalue weighted by Gasteiger charge is -2.36. The highest BCUT2D eigenvalue weighted by Crippen LogP contribution is 2.35. The minimum atomic E-state index is -0.933. The van der Waals surface area contributed by atoms with Crippen molar-refractivity contribution >= 4 is 22.5 Å². The third kappa shape index (κ3) is 5.19. The Bertz CT molecular complexity index is 1250. The standard InChI is InChI=1S/C28H32N6O/c1-28(34-22-17-29-19-30-18-22,15-21-16-32-24-12-6-5-11-23(21)24)27(35)33-26(20-9-3-2-4-10-20)25-13-7-8-14-31-25/h5-8,11-14,16-20,26,32,34H,2-4,9-10,15H2,1H3,(H,33,35). The Morgan fingerprint density at radius 1 is 1.09 bits per heavy atom. The molecule has 0 spiro atoms. The molecule has 1 saturated carbocycles. The van der Waals surface area contributed by atoms with Gasteiger partial charge in [-0.25, -0.2) is 9.97 Å². The van der Waals surface area contributed by atoms with E-state index in [9.17, 15) is 4.79 Å². The predicted molar refractivity (Wildman–Crippen MR) is 138 cm³/mol. The van der Waals surface area contributed by atoms with Crippen molar-refractivity contribution in [3.8, 4) is 0 Å². The van der Waals surface area contributed by atoms with Crippen LogP contribution in [-0.4, -0.2) is 31.4 Å². The summed E-state index contributed by atoms with van der Waals surface area (Å²) in [5, 5.41) is 7.97. The molecule has 2 unspecified atom stereocenters. The average molecular weight is 469 g/mol. The Kier molecular flexibility index (Phi) is 6.75. The number of rotatable bonds is 8. The van der Waals surface area contributed by atoms with Crippen molar-refractivity contribution in [2.24, 2.45) is 5.92 Å². The van der Waals surface area contributed by atoms with Gasteiger partial charge in [-0.3, -0.25) is 9.78 Å². The summed E-state index contributed by atoms with van der Waals surface area (Å²) < 4.78 is 0. The molecule has 2 atom stereocenters. The molecule has 3 heterocycles. The molecule has 7 nitrogen and oxygen atoms in total. The van der Waals surface area contributed by atoms with Crippen molar-refractivity contribution in [2.75, 3.05) is 5.32 Å². The summed E-state index contributed by atoms with van der Waals surface area (Å²) >= 11 is 0. The first kappa shape index (κ1) is 23.0. The van der Waals surface area contributed by atoms with Gasteiger partial charge in [0.05, 0.1) is 29.8 Å². The van der Waals surface area contributed by atoms with Crippen LogP contribution in [0, 0.1) is 5.92 Å². The topological polar surface area (TPSA) is 95.6 Å². The van der Waals surface area contributed by atoms with E-state index < -0.39 is 5.54 Å². The highest BCUT2D eigenvalue weighted by molar-refractivity contribution is 5.91. The van der Waals surface area contributed by atoms with Gasteiger partial charge in [-0.2, -0.15) is 0 Å². The van der Waals surface area contributed by atoms with Crippen LogP contribution in [0.3, 0.4) is 0 Å². The van der Waals surface area contributed by atoms with E-state index in [1.165, 1.54) is 25.6 Å². The number of pyridine rings is 1. The van der Waals surface area contributed by atoms with Crippen molar-refractivity contribution in [3.05, 3.63) is 84.8 Å². The molecule has 0 radical (unpaired) electrons. The smallest absolute Gasteiger partial charge is 0.246 e. The fourth-order valence-corrected chi connectivity index (χ4v) is 5.28.